The third-order valence-corrected chi connectivity index (χ3v) is 5.66. The summed E-state index contributed by atoms with van der Waals surface area (Å²) in [6.07, 6.45) is 6.45. The summed E-state index contributed by atoms with van der Waals surface area (Å²) >= 11 is 0. The summed E-state index contributed by atoms with van der Waals surface area (Å²) in [4.78, 5) is 12.9. The molecular formula is C20H16N4O2S. The van der Waals surface area contributed by atoms with Crippen LogP contribution in [0.4, 0.5) is 0 Å². The summed E-state index contributed by atoms with van der Waals surface area (Å²) < 4.78 is 28.4. The van der Waals surface area contributed by atoms with Crippen LogP contribution in [0.15, 0.2) is 84.3 Å². The molecule has 0 aliphatic heterocycles. The minimum Gasteiger partial charge on any atom is -0.265 e. The number of hydrogen-bond donors (Lipinski definition) is 1. The highest BCUT2D eigenvalue weighted by atomic mass is 32.2. The molecule has 4 rings (SSSR count). The fourth-order valence-corrected chi connectivity index (χ4v) is 4.13. The maximum Gasteiger partial charge on any atom is 0.241 e. The van der Waals surface area contributed by atoms with Crippen molar-refractivity contribution in [3.63, 3.8) is 0 Å². The Morgan fingerprint density at radius 2 is 1.56 bits per heavy atom. The van der Waals surface area contributed by atoms with Crippen molar-refractivity contribution in [2.75, 3.05) is 0 Å². The van der Waals surface area contributed by atoms with Crippen LogP contribution in [0.3, 0.4) is 0 Å². The first-order valence-corrected chi connectivity index (χ1v) is 9.81. The summed E-state index contributed by atoms with van der Waals surface area (Å²) in [5.41, 5.74) is 2.01. The Labute approximate surface area is 157 Å². The molecule has 1 N–H and O–H groups in total. The van der Waals surface area contributed by atoms with Crippen LogP contribution >= 0.6 is 0 Å². The number of nitrogens with one attached hydrogen (secondary N) is 1. The lowest BCUT2D eigenvalue weighted by molar-refractivity contribution is 0.581. The number of pyridine rings is 1. The van der Waals surface area contributed by atoms with E-state index in [1.54, 1.807) is 43.0 Å². The molecule has 0 amide bonds. The van der Waals surface area contributed by atoms with E-state index in [4.69, 9.17) is 0 Å². The van der Waals surface area contributed by atoms with Gasteiger partial charge in [0.05, 0.1) is 22.8 Å². The Morgan fingerprint density at radius 1 is 0.815 bits per heavy atom. The van der Waals surface area contributed by atoms with Crippen molar-refractivity contribution in [2.45, 2.75) is 11.4 Å². The molecule has 7 heteroatoms. The molecule has 0 unspecified atom stereocenters. The van der Waals surface area contributed by atoms with Crippen molar-refractivity contribution in [1.29, 1.82) is 0 Å². The van der Waals surface area contributed by atoms with Crippen LogP contribution in [-0.4, -0.2) is 23.4 Å². The van der Waals surface area contributed by atoms with Gasteiger partial charge in [0.1, 0.15) is 0 Å². The monoisotopic (exact) mass is 376 g/mol. The highest BCUT2D eigenvalue weighted by Gasteiger charge is 2.18. The third kappa shape index (κ3) is 3.55. The van der Waals surface area contributed by atoms with Crippen LogP contribution in [-0.2, 0) is 16.6 Å². The molecule has 0 atom stereocenters. The van der Waals surface area contributed by atoms with Gasteiger partial charge >= 0.3 is 0 Å². The van der Waals surface area contributed by atoms with Gasteiger partial charge in [0.2, 0.25) is 10.0 Å². The molecule has 0 bridgehead atoms. The summed E-state index contributed by atoms with van der Waals surface area (Å²) in [6.45, 7) is 0.0387. The average Bonchev–Trinajstić information content (AvgIpc) is 2.73. The molecule has 2 aromatic heterocycles. The first-order chi connectivity index (χ1) is 13.1. The number of sulfonamides is 1. The summed E-state index contributed by atoms with van der Waals surface area (Å²) in [6, 6.07) is 16.2. The molecule has 0 saturated heterocycles. The maximum absolute atomic E-state index is 12.9. The zero-order valence-corrected chi connectivity index (χ0v) is 15.1. The number of nitrogens with zero attached hydrogens (tertiary/aromatic N) is 3. The smallest absolute Gasteiger partial charge is 0.241 e. The summed E-state index contributed by atoms with van der Waals surface area (Å²) in [5, 5.41) is 1.55. The minimum absolute atomic E-state index is 0.0387. The summed E-state index contributed by atoms with van der Waals surface area (Å²) in [7, 11) is -3.71. The lowest BCUT2D eigenvalue weighted by atomic mass is 10.1. The molecule has 2 heterocycles. The fourth-order valence-electron chi connectivity index (χ4n) is 2.92. The maximum atomic E-state index is 12.9. The zero-order valence-electron chi connectivity index (χ0n) is 14.3. The lowest BCUT2D eigenvalue weighted by Crippen LogP contribution is -2.24. The van der Waals surface area contributed by atoms with E-state index in [2.05, 4.69) is 19.7 Å². The second kappa shape index (κ2) is 7.22. The second-order valence-corrected chi connectivity index (χ2v) is 7.62. The molecule has 4 aromatic rings. The Bertz CT molecular complexity index is 1190. The van der Waals surface area contributed by atoms with Crippen LogP contribution in [0.5, 0.6) is 0 Å². The molecule has 0 aliphatic rings. The molecule has 0 aliphatic carbocycles. The van der Waals surface area contributed by atoms with E-state index in [9.17, 15) is 8.42 Å². The molecule has 0 fully saturated rings. The number of benzene rings is 2. The molecule has 0 spiro atoms. The van der Waals surface area contributed by atoms with Gasteiger partial charge in [0.15, 0.2) is 0 Å². The van der Waals surface area contributed by atoms with E-state index in [0.717, 1.165) is 10.9 Å². The molecule has 0 radical (unpaired) electrons. The molecule has 27 heavy (non-hydrogen) atoms. The van der Waals surface area contributed by atoms with Gasteiger partial charge in [-0.25, -0.2) is 13.1 Å². The fraction of sp³-hybridized carbons (Fsp3) is 0.0500. The highest BCUT2D eigenvalue weighted by molar-refractivity contribution is 7.89. The normalized spacial score (nSPS) is 11.6. The molecular weight excluding hydrogens is 360 g/mol. The van der Waals surface area contributed by atoms with Crippen LogP contribution < -0.4 is 4.72 Å². The van der Waals surface area contributed by atoms with E-state index in [1.807, 2.05) is 36.4 Å². The van der Waals surface area contributed by atoms with Crippen molar-refractivity contribution < 1.29 is 8.42 Å². The van der Waals surface area contributed by atoms with Crippen LogP contribution in [0, 0.1) is 0 Å². The van der Waals surface area contributed by atoms with Gasteiger partial charge in [0, 0.05) is 35.7 Å². The SMILES string of the molecule is O=S(=O)(NCc1nccnc1-c1ccncc1)c1cccc2ccccc12. The molecule has 2 aromatic carbocycles. The standard InChI is InChI=1S/C20H16N4O2S/c25-27(26,19-7-3-5-15-4-1-2-6-17(15)19)24-14-18-20(23-13-12-22-18)16-8-10-21-11-9-16/h1-13,24H,14H2. The van der Waals surface area contributed by atoms with Gasteiger partial charge in [-0.3, -0.25) is 15.0 Å². The van der Waals surface area contributed by atoms with E-state index in [1.165, 1.54) is 0 Å². The quantitative estimate of drug-likeness (QED) is 0.578. The van der Waals surface area contributed by atoms with E-state index in [0.29, 0.717) is 16.8 Å². The van der Waals surface area contributed by atoms with Crippen molar-refractivity contribution in [3.8, 4) is 11.3 Å². The van der Waals surface area contributed by atoms with Crippen LogP contribution in [0.25, 0.3) is 22.0 Å². The number of hydrogen-bond acceptors (Lipinski definition) is 5. The van der Waals surface area contributed by atoms with Crippen molar-refractivity contribution in [3.05, 3.63) is 85.1 Å². The number of aromatic nitrogens is 3. The van der Waals surface area contributed by atoms with E-state index < -0.39 is 10.0 Å². The predicted octanol–water partition coefficient (Wildman–Crippen LogP) is 3.17. The van der Waals surface area contributed by atoms with Crippen molar-refractivity contribution in [2.24, 2.45) is 0 Å². The van der Waals surface area contributed by atoms with Gasteiger partial charge in [0.25, 0.3) is 0 Å². The van der Waals surface area contributed by atoms with Gasteiger partial charge < -0.3 is 0 Å². The molecule has 6 nitrogen and oxygen atoms in total. The number of fused-ring (bicyclic) bond motifs is 1. The predicted molar refractivity (Wildman–Crippen MR) is 103 cm³/mol. The topological polar surface area (TPSA) is 84.8 Å². The summed E-state index contributed by atoms with van der Waals surface area (Å²) in [5.74, 6) is 0. The molecule has 134 valence electrons. The minimum atomic E-state index is -3.71. The average molecular weight is 376 g/mol. The second-order valence-electron chi connectivity index (χ2n) is 5.89. The van der Waals surface area contributed by atoms with Crippen molar-refractivity contribution in [1.82, 2.24) is 19.7 Å². The zero-order chi connectivity index (χ0) is 18.7. The first kappa shape index (κ1) is 17.3. The Balaban J connectivity index is 1.66. The lowest BCUT2D eigenvalue weighted by Gasteiger charge is -2.11. The molecule has 0 saturated carbocycles. The van der Waals surface area contributed by atoms with E-state index >= 15 is 0 Å². The van der Waals surface area contributed by atoms with Gasteiger partial charge in [-0.15, -0.1) is 0 Å². The van der Waals surface area contributed by atoms with Crippen LogP contribution in [0.2, 0.25) is 0 Å². The van der Waals surface area contributed by atoms with Gasteiger partial charge in [-0.1, -0.05) is 36.4 Å². The van der Waals surface area contributed by atoms with E-state index in [-0.39, 0.29) is 11.4 Å². The third-order valence-electron chi connectivity index (χ3n) is 4.20. The Hall–Kier alpha value is -3.16. The van der Waals surface area contributed by atoms with Gasteiger partial charge in [-0.2, -0.15) is 0 Å². The Kier molecular flexibility index (Phi) is 4.62. The highest BCUT2D eigenvalue weighted by Crippen LogP contribution is 2.23. The number of rotatable bonds is 5. The van der Waals surface area contributed by atoms with Gasteiger partial charge in [-0.05, 0) is 23.6 Å². The Morgan fingerprint density at radius 3 is 2.41 bits per heavy atom. The largest absolute Gasteiger partial charge is 0.265 e. The van der Waals surface area contributed by atoms with Crippen LogP contribution in [0.1, 0.15) is 5.69 Å². The van der Waals surface area contributed by atoms with Crippen molar-refractivity contribution >= 4 is 20.8 Å². The first-order valence-electron chi connectivity index (χ1n) is 8.33.